The van der Waals surface area contributed by atoms with E-state index in [1.54, 1.807) is 22.5 Å². The fourth-order valence-electron chi connectivity index (χ4n) is 4.77. The lowest BCUT2D eigenvalue weighted by Crippen LogP contribution is -2.49. The fraction of sp³-hybridized carbons (Fsp3) is 0.407. The fourth-order valence-corrected chi connectivity index (χ4v) is 4.77. The molecule has 4 aromatic rings. The molecule has 1 fully saturated rings. The molecule has 188 valence electrons. The van der Waals surface area contributed by atoms with E-state index in [0.29, 0.717) is 25.3 Å². The SMILES string of the molecule is Cn1c(=O)n(CC(C)(C)C)c2ccc(-c3cccc(N4CCN(C(=O)Cn5cccn5)CC4)c3)nc21. The number of pyridine rings is 1. The van der Waals surface area contributed by atoms with Crippen molar-refractivity contribution in [3.8, 4) is 11.3 Å². The third kappa shape index (κ3) is 4.78. The first-order valence-corrected chi connectivity index (χ1v) is 12.4. The summed E-state index contributed by atoms with van der Waals surface area (Å²) in [4.78, 5) is 34.6. The molecule has 0 N–H and O–H groups in total. The van der Waals surface area contributed by atoms with Crippen LogP contribution in [0, 0.1) is 5.41 Å². The summed E-state index contributed by atoms with van der Waals surface area (Å²) in [5.41, 5.74) is 4.43. The minimum atomic E-state index is -0.0432. The second kappa shape index (κ2) is 9.29. The van der Waals surface area contributed by atoms with Gasteiger partial charge in [-0.05, 0) is 35.7 Å². The van der Waals surface area contributed by atoms with Gasteiger partial charge in [0.25, 0.3) is 0 Å². The number of hydrogen-bond donors (Lipinski definition) is 0. The molecule has 1 saturated heterocycles. The summed E-state index contributed by atoms with van der Waals surface area (Å²) in [5, 5.41) is 4.13. The van der Waals surface area contributed by atoms with Gasteiger partial charge in [0.15, 0.2) is 5.65 Å². The number of anilines is 1. The third-order valence-corrected chi connectivity index (χ3v) is 6.61. The first-order valence-electron chi connectivity index (χ1n) is 12.4. The first-order chi connectivity index (χ1) is 17.2. The Bertz CT molecular complexity index is 1440. The molecule has 1 aromatic carbocycles. The van der Waals surface area contributed by atoms with Gasteiger partial charge in [0.1, 0.15) is 6.54 Å². The highest BCUT2D eigenvalue weighted by atomic mass is 16.2. The van der Waals surface area contributed by atoms with Gasteiger partial charge in [-0.25, -0.2) is 9.78 Å². The van der Waals surface area contributed by atoms with Gasteiger partial charge in [-0.2, -0.15) is 5.10 Å². The number of imidazole rings is 1. The van der Waals surface area contributed by atoms with Gasteiger partial charge in [0.05, 0.1) is 11.2 Å². The van der Waals surface area contributed by atoms with Crippen molar-refractivity contribution in [3.05, 3.63) is 65.3 Å². The Balaban J connectivity index is 1.33. The number of piperazine rings is 1. The summed E-state index contributed by atoms with van der Waals surface area (Å²) in [5.74, 6) is 0.0913. The van der Waals surface area contributed by atoms with Crippen molar-refractivity contribution >= 4 is 22.8 Å². The normalized spacial score (nSPS) is 14.6. The Morgan fingerprint density at radius 2 is 1.81 bits per heavy atom. The van der Waals surface area contributed by atoms with Crippen molar-refractivity contribution in [1.82, 2.24) is 28.8 Å². The van der Waals surface area contributed by atoms with Crippen LogP contribution in [0.25, 0.3) is 22.4 Å². The van der Waals surface area contributed by atoms with Crippen LogP contribution in [0.5, 0.6) is 0 Å². The van der Waals surface area contributed by atoms with Gasteiger partial charge in [-0.3, -0.25) is 18.6 Å². The molecular formula is C27H33N7O2. The van der Waals surface area contributed by atoms with Crippen LogP contribution >= 0.6 is 0 Å². The average molecular weight is 488 g/mol. The summed E-state index contributed by atoms with van der Waals surface area (Å²) < 4.78 is 5.11. The molecule has 0 atom stereocenters. The van der Waals surface area contributed by atoms with Crippen LogP contribution in [0.1, 0.15) is 20.8 Å². The number of hydrogen-bond acceptors (Lipinski definition) is 5. The molecule has 4 heterocycles. The highest BCUT2D eigenvalue weighted by Gasteiger charge is 2.22. The monoisotopic (exact) mass is 487 g/mol. The largest absolute Gasteiger partial charge is 0.368 e. The molecule has 36 heavy (non-hydrogen) atoms. The molecule has 1 aliphatic rings. The average Bonchev–Trinajstić information content (AvgIpc) is 3.46. The van der Waals surface area contributed by atoms with Gasteiger partial charge in [-0.1, -0.05) is 32.9 Å². The number of aromatic nitrogens is 5. The van der Waals surface area contributed by atoms with Crippen LogP contribution in [0.4, 0.5) is 5.69 Å². The molecule has 3 aromatic heterocycles. The predicted octanol–water partition coefficient (Wildman–Crippen LogP) is 2.99. The highest BCUT2D eigenvalue weighted by molar-refractivity contribution is 5.78. The van der Waals surface area contributed by atoms with Crippen molar-refractivity contribution in [3.63, 3.8) is 0 Å². The van der Waals surface area contributed by atoms with E-state index in [9.17, 15) is 9.59 Å². The van der Waals surface area contributed by atoms with Crippen LogP contribution in [0.15, 0.2) is 59.7 Å². The standard InChI is InChI=1S/C27H33N7O2/c1-27(2,3)19-34-23-10-9-22(29-25(23)30(4)26(34)36)20-7-5-8-21(17-20)31-13-15-32(16-14-31)24(35)18-33-12-6-11-28-33/h5-12,17H,13-16,18-19H2,1-4H3. The lowest BCUT2D eigenvalue weighted by Gasteiger charge is -2.36. The molecule has 0 radical (unpaired) electrons. The number of amides is 1. The molecule has 5 rings (SSSR count). The summed E-state index contributed by atoms with van der Waals surface area (Å²) in [6, 6.07) is 14.1. The van der Waals surface area contributed by atoms with E-state index in [0.717, 1.165) is 35.6 Å². The molecule has 0 spiro atoms. The predicted molar refractivity (Wildman–Crippen MR) is 141 cm³/mol. The summed E-state index contributed by atoms with van der Waals surface area (Å²) >= 11 is 0. The van der Waals surface area contributed by atoms with E-state index in [1.807, 2.05) is 46.0 Å². The molecular weight excluding hydrogens is 454 g/mol. The maximum atomic E-state index is 12.9. The first kappa shape index (κ1) is 23.8. The van der Waals surface area contributed by atoms with Gasteiger partial charge in [0.2, 0.25) is 5.91 Å². The van der Waals surface area contributed by atoms with Crippen molar-refractivity contribution < 1.29 is 4.79 Å². The lowest BCUT2D eigenvalue weighted by atomic mass is 9.97. The molecule has 0 unspecified atom stereocenters. The van der Waals surface area contributed by atoms with Crippen molar-refractivity contribution in [1.29, 1.82) is 0 Å². The second-order valence-electron chi connectivity index (χ2n) is 10.6. The summed E-state index contributed by atoms with van der Waals surface area (Å²) in [6.07, 6.45) is 3.49. The third-order valence-electron chi connectivity index (χ3n) is 6.61. The van der Waals surface area contributed by atoms with Crippen molar-refractivity contribution in [2.45, 2.75) is 33.9 Å². The lowest BCUT2D eigenvalue weighted by molar-refractivity contribution is -0.132. The minimum absolute atomic E-state index is 0.0150. The number of aryl methyl sites for hydroxylation is 1. The zero-order valence-electron chi connectivity index (χ0n) is 21.4. The Labute approximate surface area is 210 Å². The molecule has 9 heteroatoms. The molecule has 9 nitrogen and oxygen atoms in total. The Morgan fingerprint density at radius 3 is 2.50 bits per heavy atom. The van der Waals surface area contributed by atoms with Crippen molar-refractivity contribution in [2.75, 3.05) is 31.1 Å². The Hall–Kier alpha value is -3.88. The molecule has 1 aliphatic heterocycles. The van der Waals surface area contributed by atoms with Gasteiger partial charge in [-0.15, -0.1) is 0 Å². The van der Waals surface area contributed by atoms with Crippen LogP contribution in [0.2, 0.25) is 0 Å². The maximum absolute atomic E-state index is 12.9. The van der Waals surface area contributed by atoms with Gasteiger partial charge in [0, 0.05) is 63.4 Å². The van der Waals surface area contributed by atoms with Gasteiger partial charge >= 0.3 is 5.69 Å². The van der Waals surface area contributed by atoms with E-state index in [4.69, 9.17) is 4.98 Å². The number of carbonyl (C=O) groups excluding carboxylic acids is 1. The van der Waals surface area contributed by atoms with Crippen LogP contribution in [-0.4, -0.2) is 60.9 Å². The molecule has 0 bridgehead atoms. The van der Waals surface area contributed by atoms with Crippen LogP contribution in [-0.2, 0) is 24.9 Å². The summed E-state index contributed by atoms with van der Waals surface area (Å²) in [7, 11) is 1.78. The minimum Gasteiger partial charge on any atom is -0.368 e. The second-order valence-corrected chi connectivity index (χ2v) is 10.6. The quantitative estimate of drug-likeness (QED) is 0.432. The smallest absolute Gasteiger partial charge is 0.330 e. The zero-order valence-corrected chi connectivity index (χ0v) is 21.4. The highest BCUT2D eigenvalue weighted by Crippen LogP contribution is 2.27. The maximum Gasteiger partial charge on any atom is 0.330 e. The van der Waals surface area contributed by atoms with E-state index in [2.05, 4.69) is 42.9 Å². The number of fused-ring (bicyclic) bond motifs is 1. The molecule has 1 amide bonds. The molecule has 0 aliphatic carbocycles. The number of carbonyl (C=O) groups is 1. The zero-order chi connectivity index (χ0) is 25.4. The number of benzene rings is 1. The molecule has 0 saturated carbocycles. The van der Waals surface area contributed by atoms with Crippen LogP contribution in [0.3, 0.4) is 0 Å². The van der Waals surface area contributed by atoms with E-state index >= 15 is 0 Å². The Morgan fingerprint density at radius 1 is 1.03 bits per heavy atom. The van der Waals surface area contributed by atoms with Crippen molar-refractivity contribution in [2.24, 2.45) is 12.5 Å². The summed E-state index contributed by atoms with van der Waals surface area (Å²) in [6.45, 7) is 10.2. The van der Waals surface area contributed by atoms with E-state index in [-0.39, 0.29) is 23.6 Å². The van der Waals surface area contributed by atoms with E-state index < -0.39 is 0 Å². The number of nitrogens with zero attached hydrogens (tertiary/aromatic N) is 7. The van der Waals surface area contributed by atoms with Gasteiger partial charge < -0.3 is 9.80 Å². The van der Waals surface area contributed by atoms with E-state index in [1.165, 1.54) is 0 Å². The number of rotatable bonds is 5. The Kier molecular flexibility index (Phi) is 6.15. The topological polar surface area (TPSA) is 81.2 Å². The van der Waals surface area contributed by atoms with Crippen LogP contribution < -0.4 is 10.6 Å².